The molecule has 0 saturated heterocycles. The predicted octanol–water partition coefficient (Wildman–Crippen LogP) is 6.65. The van der Waals surface area contributed by atoms with Gasteiger partial charge in [-0.2, -0.15) is 13.2 Å². The largest absolute Gasteiger partial charge is 0.488 e. The van der Waals surface area contributed by atoms with Gasteiger partial charge in [-0.1, -0.05) is 48.0 Å². The van der Waals surface area contributed by atoms with Crippen molar-refractivity contribution in [1.29, 1.82) is 0 Å². The Bertz CT molecular complexity index is 1040. The van der Waals surface area contributed by atoms with Crippen LogP contribution in [0.2, 0.25) is 5.02 Å². The van der Waals surface area contributed by atoms with Crippen molar-refractivity contribution in [2.24, 2.45) is 0 Å². The van der Waals surface area contributed by atoms with Crippen LogP contribution in [0.15, 0.2) is 54.6 Å². The second-order valence-electron chi connectivity index (χ2n) is 6.68. The molecular weight excluding hydrogens is 486 g/mol. The van der Waals surface area contributed by atoms with Crippen LogP contribution in [0.3, 0.4) is 0 Å². The number of carbonyl (C=O) groups is 1. The van der Waals surface area contributed by atoms with Gasteiger partial charge in [-0.15, -0.1) is 23.7 Å². The molecule has 0 fully saturated rings. The number of aliphatic carboxylic acids is 1. The monoisotopic (exact) mass is 505 g/mol. The zero-order valence-electron chi connectivity index (χ0n) is 16.6. The van der Waals surface area contributed by atoms with Crippen molar-refractivity contribution in [3.05, 3.63) is 74.9 Å². The minimum Gasteiger partial charge on any atom is -0.488 e. The number of carboxylic acids is 1. The first-order chi connectivity index (χ1) is 14.7. The molecule has 0 amide bonds. The highest BCUT2D eigenvalue weighted by Crippen LogP contribution is 2.43. The van der Waals surface area contributed by atoms with Crippen molar-refractivity contribution in [2.75, 3.05) is 6.54 Å². The van der Waals surface area contributed by atoms with Crippen molar-refractivity contribution in [3.63, 3.8) is 0 Å². The summed E-state index contributed by atoms with van der Waals surface area (Å²) in [6, 6.07) is 14.9. The number of carboxylic acid groups (broad SMARTS) is 1. The number of thiophene rings is 1. The molecule has 3 rings (SSSR count). The summed E-state index contributed by atoms with van der Waals surface area (Å²) in [4.78, 5) is 10.3. The number of rotatable bonds is 9. The van der Waals surface area contributed by atoms with Gasteiger partial charge in [0, 0.05) is 28.6 Å². The minimum absolute atomic E-state index is 0. The lowest BCUT2D eigenvalue weighted by Crippen LogP contribution is -2.17. The molecule has 2 N–H and O–H groups in total. The van der Waals surface area contributed by atoms with E-state index in [1.807, 2.05) is 0 Å². The van der Waals surface area contributed by atoms with Gasteiger partial charge in [-0.3, -0.25) is 4.79 Å². The first kappa shape index (κ1) is 26.0. The van der Waals surface area contributed by atoms with Gasteiger partial charge in [-0.25, -0.2) is 0 Å². The zero-order valence-corrected chi connectivity index (χ0v) is 19.0. The topological polar surface area (TPSA) is 58.6 Å². The van der Waals surface area contributed by atoms with Gasteiger partial charge in [0.25, 0.3) is 0 Å². The van der Waals surface area contributed by atoms with E-state index in [0.29, 0.717) is 45.6 Å². The fourth-order valence-corrected chi connectivity index (χ4v) is 4.09. The molecule has 2 aromatic carbocycles. The minimum atomic E-state index is -4.45. The van der Waals surface area contributed by atoms with Crippen LogP contribution in [-0.4, -0.2) is 17.6 Å². The standard InChI is InChI=1S/C22H19ClF3NO3S.ClH/c23-19-10-16(7-6-15(19)12-27-9-8-20(28)29)30-13-17-11-18(14-4-2-1-3-5-14)21(31-17)22(24,25)26;/h1-7,10-11,27H,8-9,12-13H2,(H,28,29);1H. The molecule has 0 aliphatic carbocycles. The predicted molar refractivity (Wildman–Crippen MR) is 122 cm³/mol. The normalized spacial score (nSPS) is 11.1. The number of halogens is 5. The molecule has 0 saturated carbocycles. The lowest BCUT2D eigenvalue weighted by atomic mass is 10.1. The molecule has 3 aromatic rings. The molecule has 1 heterocycles. The van der Waals surface area contributed by atoms with Gasteiger partial charge in [0.1, 0.15) is 17.2 Å². The van der Waals surface area contributed by atoms with Crippen LogP contribution in [-0.2, 0) is 24.1 Å². The Balaban J connectivity index is 0.00000363. The Morgan fingerprint density at radius 1 is 1.12 bits per heavy atom. The average molecular weight is 506 g/mol. The van der Waals surface area contributed by atoms with Crippen molar-refractivity contribution >= 4 is 41.3 Å². The van der Waals surface area contributed by atoms with E-state index in [1.165, 1.54) is 6.07 Å². The summed E-state index contributed by atoms with van der Waals surface area (Å²) in [5, 5.41) is 12.0. The Labute approximate surface area is 198 Å². The molecule has 0 atom stereocenters. The van der Waals surface area contributed by atoms with E-state index in [2.05, 4.69) is 5.32 Å². The third-order valence-corrected chi connectivity index (χ3v) is 5.87. The van der Waals surface area contributed by atoms with Gasteiger partial charge in [0.05, 0.1) is 6.42 Å². The van der Waals surface area contributed by atoms with E-state index in [1.54, 1.807) is 48.5 Å². The SMILES string of the molecule is Cl.O=C(O)CCNCc1ccc(OCc2cc(-c3ccccc3)c(C(F)(F)F)s2)cc1Cl. The molecule has 0 unspecified atom stereocenters. The van der Waals surface area contributed by atoms with Crippen LogP contribution in [0.5, 0.6) is 5.75 Å². The van der Waals surface area contributed by atoms with E-state index >= 15 is 0 Å². The Morgan fingerprint density at radius 3 is 2.47 bits per heavy atom. The average Bonchev–Trinajstić information content (AvgIpc) is 3.16. The second-order valence-corrected chi connectivity index (χ2v) is 8.23. The van der Waals surface area contributed by atoms with Crippen molar-refractivity contribution in [1.82, 2.24) is 5.32 Å². The molecule has 10 heteroatoms. The molecule has 0 spiro atoms. The zero-order chi connectivity index (χ0) is 22.4. The lowest BCUT2D eigenvalue weighted by Gasteiger charge is -2.09. The van der Waals surface area contributed by atoms with Crippen molar-refractivity contribution < 1.29 is 27.8 Å². The third-order valence-electron chi connectivity index (χ3n) is 4.36. The van der Waals surface area contributed by atoms with Gasteiger partial charge >= 0.3 is 12.1 Å². The summed E-state index contributed by atoms with van der Waals surface area (Å²) in [6.07, 6.45) is -4.45. The number of alkyl halides is 3. The van der Waals surface area contributed by atoms with Crippen LogP contribution in [0, 0.1) is 0 Å². The molecule has 172 valence electrons. The van der Waals surface area contributed by atoms with Crippen LogP contribution >= 0.6 is 35.3 Å². The van der Waals surface area contributed by atoms with Gasteiger partial charge < -0.3 is 15.2 Å². The molecule has 0 bridgehead atoms. The Hall–Kier alpha value is -2.26. The Kier molecular flexibility index (Phi) is 9.39. The second kappa shape index (κ2) is 11.6. The maximum absolute atomic E-state index is 13.5. The molecule has 1 aromatic heterocycles. The van der Waals surface area contributed by atoms with Crippen LogP contribution in [0.25, 0.3) is 11.1 Å². The van der Waals surface area contributed by atoms with E-state index in [0.717, 1.165) is 5.56 Å². The number of hydrogen-bond donors (Lipinski definition) is 2. The number of hydrogen-bond acceptors (Lipinski definition) is 4. The fourth-order valence-electron chi connectivity index (χ4n) is 2.89. The number of ether oxygens (including phenoxy) is 1. The summed E-state index contributed by atoms with van der Waals surface area (Å²) in [5.74, 6) is -0.456. The van der Waals surface area contributed by atoms with Gasteiger partial charge in [-0.05, 0) is 29.3 Å². The molecule has 32 heavy (non-hydrogen) atoms. The number of nitrogens with one attached hydrogen (secondary N) is 1. The highest BCUT2D eigenvalue weighted by molar-refractivity contribution is 7.12. The smallest absolute Gasteiger partial charge is 0.426 e. The molecule has 0 radical (unpaired) electrons. The van der Waals surface area contributed by atoms with Crippen LogP contribution < -0.4 is 10.1 Å². The van der Waals surface area contributed by atoms with Crippen LogP contribution in [0.1, 0.15) is 21.7 Å². The molecule has 0 aliphatic rings. The summed E-state index contributed by atoms with van der Waals surface area (Å²) in [7, 11) is 0. The lowest BCUT2D eigenvalue weighted by molar-refractivity contribution is -0.137. The van der Waals surface area contributed by atoms with Crippen LogP contribution in [0.4, 0.5) is 13.2 Å². The fraction of sp³-hybridized carbons (Fsp3) is 0.227. The van der Waals surface area contributed by atoms with E-state index in [-0.39, 0.29) is 31.0 Å². The van der Waals surface area contributed by atoms with Crippen molar-refractivity contribution in [2.45, 2.75) is 25.7 Å². The van der Waals surface area contributed by atoms with Gasteiger partial charge in [0.15, 0.2) is 0 Å². The molecule has 4 nitrogen and oxygen atoms in total. The van der Waals surface area contributed by atoms with E-state index in [9.17, 15) is 18.0 Å². The number of benzene rings is 2. The van der Waals surface area contributed by atoms with E-state index in [4.69, 9.17) is 21.4 Å². The third kappa shape index (κ3) is 7.13. The highest BCUT2D eigenvalue weighted by Gasteiger charge is 2.36. The highest BCUT2D eigenvalue weighted by atomic mass is 35.5. The quantitative estimate of drug-likeness (QED) is 0.319. The first-order valence-electron chi connectivity index (χ1n) is 9.33. The molecular formula is C22H20Cl2F3NO3S. The summed E-state index contributed by atoms with van der Waals surface area (Å²) >= 11 is 6.90. The summed E-state index contributed by atoms with van der Waals surface area (Å²) < 4.78 is 46.1. The first-order valence-corrected chi connectivity index (χ1v) is 10.5. The summed E-state index contributed by atoms with van der Waals surface area (Å²) in [6.45, 7) is 0.688. The molecule has 0 aliphatic heterocycles. The van der Waals surface area contributed by atoms with Crippen molar-refractivity contribution in [3.8, 4) is 16.9 Å². The maximum Gasteiger partial charge on any atom is 0.426 e. The maximum atomic E-state index is 13.5. The van der Waals surface area contributed by atoms with E-state index < -0.39 is 17.0 Å². The van der Waals surface area contributed by atoms with Gasteiger partial charge in [0.2, 0.25) is 0 Å². The Morgan fingerprint density at radius 2 is 1.84 bits per heavy atom. The summed E-state index contributed by atoms with van der Waals surface area (Å²) in [5.41, 5.74) is 1.40.